The molecule has 0 atom stereocenters. The van der Waals surface area contributed by atoms with Crippen LogP contribution in [0, 0.1) is 11.8 Å². The van der Waals surface area contributed by atoms with E-state index in [1.807, 2.05) is 0 Å². The molecule has 0 aromatic heterocycles. The van der Waals surface area contributed by atoms with Crippen molar-refractivity contribution in [3.8, 4) is 0 Å². The predicted molar refractivity (Wildman–Crippen MR) is 73.2 cm³/mol. The Balaban J connectivity index is 2.26. The second-order valence-electron chi connectivity index (χ2n) is 5.94. The zero-order chi connectivity index (χ0) is 14.5. The molecule has 0 aliphatic heterocycles. The standard InChI is InChI=1S/C16H22O4/c17-11-7-3-1-4-8-12(18)15(11)16-13(19)9-5-2-6-10-14(16)20/h15-16H,1-10H2. The number of Topliss-reactive ketones (excluding diaryl/α,β-unsaturated/α-hetero) is 4. The second-order valence-corrected chi connectivity index (χ2v) is 5.94. The van der Waals surface area contributed by atoms with Crippen LogP contribution in [-0.4, -0.2) is 23.1 Å². The van der Waals surface area contributed by atoms with Gasteiger partial charge in [-0.15, -0.1) is 0 Å². The number of ketones is 4. The second kappa shape index (κ2) is 6.91. The normalized spacial score (nSPS) is 25.0. The Morgan fingerprint density at radius 2 is 0.700 bits per heavy atom. The molecular formula is C16H22O4. The molecule has 110 valence electrons. The molecule has 0 saturated heterocycles. The smallest absolute Gasteiger partial charge is 0.144 e. The van der Waals surface area contributed by atoms with Gasteiger partial charge in [0, 0.05) is 25.7 Å². The SMILES string of the molecule is O=C1CCCCCC(=O)C1C1C(=O)CCCCCC1=O. The lowest BCUT2D eigenvalue weighted by atomic mass is 9.73. The Labute approximate surface area is 119 Å². The van der Waals surface area contributed by atoms with Crippen LogP contribution in [0.4, 0.5) is 0 Å². The Kier molecular flexibility index (Phi) is 5.21. The van der Waals surface area contributed by atoms with E-state index >= 15 is 0 Å². The average Bonchev–Trinajstić information content (AvgIpc) is 2.39. The molecule has 0 radical (unpaired) electrons. The Morgan fingerprint density at radius 1 is 0.450 bits per heavy atom. The molecule has 0 bridgehead atoms. The van der Waals surface area contributed by atoms with Crippen molar-refractivity contribution in [3.63, 3.8) is 0 Å². The van der Waals surface area contributed by atoms with Gasteiger partial charge in [0.2, 0.25) is 0 Å². The van der Waals surface area contributed by atoms with Crippen molar-refractivity contribution in [1.29, 1.82) is 0 Å². The largest absolute Gasteiger partial charge is 0.299 e. The lowest BCUT2D eigenvalue weighted by molar-refractivity contribution is -0.147. The Morgan fingerprint density at radius 3 is 0.950 bits per heavy atom. The van der Waals surface area contributed by atoms with Crippen LogP contribution in [0.25, 0.3) is 0 Å². The highest BCUT2D eigenvalue weighted by Gasteiger charge is 2.42. The maximum absolute atomic E-state index is 12.2. The fourth-order valence-electron chi connectivity index (χ4n) is 3.28. The summed E-state index contributed by atoms with van der Waals surface area (Å²) >= 11 is 0. The maximum atomic E-state index is 12.2. The quantitative estimate of drug-likeness (QED) is 0.691. The van der Waals surface area contributed by atoms with E-state index in [-0.39, 0.29) is 23.1 Å². The van der Waals surface area contributed by atoms with Gasteiger partial charge in [-0.2, -0.15) is 0 Å². The van der Waals surface area contributed by atoms with E-state index in [4.69, 9.17) is 0 Å². The van der Waals surface area contributed by atoms with Gasteiger partial charge < -0.3 is 0 Å². The highest BCUT2D eigenvalue weighted by molar-refractivity contribution is 6.14. The molecule has 0 aromatic rings. The zero-order valence-corrected chi connectivity index (χ0v) is 11.9. The van der Waals surface area contributed by atoms with E-state index in [2.05, 4.69) is 0 Å². The van der Waals surface area contributed by atoms with Gasteiger partial charge in [-0.3, -0.25) is 19.2 Å². The fraction of sp³-hybridized carbons (Fsp3) is 0.750. The van der Waals surface area contributed by atoms with E-state index in [1.165, 1.54) is 0 Å². The van der Waals surface area contributed by atoms with Gasteiger partial charge in [0.15, 0.2) is 0 Å². The van der Waals surface area contributed by atoms with Crippen LogP contribution in [0.15, 0.2) is 0 Å². The summed E-state index contributed by atoms with van der Waals surface area (Å²) in [4.78, 5) is 49.0. The van der Waals surface area contributed by atoms with Crippen molar-refractivity contribution in [2.45, 2.75) is 64.2 Å². The predicted octanol–water partition coefficient (Wildman–Crippen LogP) is 2.42. The number of carbonyl (C=O) groups excluding carboxylic acids is 4. The number of hydrogen-bond donors (Lipinski definition) is 0. The van der Waals surface area contributed by atoms with Crippen molar-refractivity contribution < 1.29 is 19.2 Å². The van der Waals surface area contributed by atoms with Crippen LogP contribution in [0.1, 0.15) is 64.2 Å². The molecule has 2 aliphatic carbocycles. The minimum absolute atomic E-state index is 0.193. The summed E-state index contributed by atoms with van der Waals surface area (Å²) in [5, 5.41) is 0. The van der Waals surface area contributed by atoms with E-state index in [0.29, 0.717) is 25.7 Å². The first-order valence-electron chi connectivity index (χ1n) is 7.72. The minimum Gasteiger partial charge on any atom is -0.299 e. The van der Waals surface area contributed by atoms with Crippen LogP contribution >= 0.6 is 0 Å². The molecule has 0 unspecified atom stereocenters. The van der Waals surface area contributed by atoms with E-state index in [1.54, 1.807) is 0 Å². The number of hydrogen-bond acceptors (Lipinski definition) is 4. The van der Waals surface area contributed by atoms with Crippen molar-refractivity contribution >= 4 is 23.1 Å². The monoisotopic (exact) mass is 278 g/mol. The average molecular weight is 278 g/mol. The van der Waals surface area contributed by atoms with Crippen molar-refractivity contribution in [2.75, 3.05) is 0 Å². The van der Waals surface area contributed by atoms with E-state index < -0.39 is 11.8 Å². The molecule has 2 rings (SSSR count). The van der Waals surface area contributed by atoms with Crippen LogP contribution in [0.2, 0.25) is 0 Å². The first-order valence-corrected chi connectivity index (χ1v) is 7.72. The lowest BCUT2D eigenvalue weighted by Gasteiger charge is -2.26. The molecular weight excluding hydrogens is 256 g/mol. The van der Waals surface area contributed by atoms with Gasteiger partial charge in [-0.05, 0) is 25.7 Å². The Hall–Kier alpha value is -1.32. The number of carbonyl (C=O) groups is 4. The van der Waals surface area contributed by atoms with Crippen LogP contribution in [0.5, 0.6) is 0 Å². The molecule has 20 heavy (non-hydrogen) atoms. The van der Waals surface area contributed by atoms with Gasteiger partial charge in [0.05, 0.1) is 11.8 Å². The summed E-state index contributed by atoms with van der Waals surface area (Å²) in [7, 11) is 0. The Bertz CT molecular complexity index is 348. The van der Waals surface area contributed by atoms with E-state index in [9.17, 15) is 19.2 Å². The molecule has 2 aliphatic rings. The molecule has 0 N–H and O–H groups in total. The first-order chi connectivity index (χ1) is 9.61. The molecule has 4 nitrogen and oxygen atoms in total. The van der Waals surface area contributed by atoms with Gasteiger partial charge in [-0.1, -0.05) is 12.8 Å². The molecule has 4 heteroatoms. The summed E-state index contributed by atoms with van der Waals surface area (Å²) in [6.07, 6.45) is 6.10. The van der Waals surface area contributed by atoms with Gasteiger partial charge in [-0.25, -0.2) is 0 Å². The summed E-state index contributed by atoms with van der Waals surface area (Å²) in [6, 6.07) is 0. The third-order valence-corrected chi connectivity index (χ3v) is 4.41. The zero-order valence-electron chi connectivity index (χ0n) is 11.9. The van der Waals surface area contributed by atoms with Crippen LogP contribution in [0.3, 0.4) is 0 Å². The highest BCUT2D eigenvalue weighted by atomic mass is 16.2. The lowest BCUT2D eigenvalue weighted by Crippen LogP contribution is -2.41. The maximum Gasteiger partial charge on any atom is 0.144 e. The van der Waals surface area contributed by atoms with Crippen molar-refractivity contribution in [2.24, 2.45) is 11.8 Å². The molecule has 0 heterocycles. The third kappa shape index (κ3) is 3.41. The van der Waals surface area contributed by atoms with Gasteiger partial charge in [0.25, 0.3) is 0 Å². The van der Waals surface area contributed by atoms with Crippen LogP contribution in [-0.2, 0) is 19.2 Å². The first kappa shape index (κ1) is 15.1. The number of rotatable bonds is 1. The molecule has 0 spiro atoms. The molecule has 2 fully saturated rings. The van der Waals surface area contributed by atoms with Gasteiger partial charge in [0.1, 0.15) is 23.1 Å². The summed E-state index contributed by atoms with van der Waals surface area (Å²) < 4.78 is 0. The molecule has 0 aromatic carbocycles. The minimum atomic E-state index is -0.978. The summed E-state index contributed by atoms with van der Waals surface area (Å²) in [6.45, 7) is 0. The third-order valence-electron chi connectivity index (χ3n) is 4.41. The molecule has 0 amide bonds. The van der Waals surface area contributed by atoms with Crippen LogP contribution < -0.4 is 0 Å². The summed E-state index contributed by atoms with van der Waals surface area (Å²) in [5.74, 6) is -2.73. The van der Waals surface area contributed by atoms with Crippen molar-refractivity contribution in [3.05, 3.63) is 0 Å². The topological polar surface area (TPSA) is 68.3 Å². The van der Waals surface area contributed by atoms with E-state index in [0.717, 1.165) is 38.5 Å². The fourth-order valence-corrected chi connectivity index (χ4v) is 3.28. The summed E-state index contributed by atoms with van der Waals surface area (Å²) in [5.41, 5.74) is 0. The molecule has 2 saturated carbocycles. The highest BCUT2D eigenvalue weighted by Crippen LogP contribution is 2.29. The van der Waals surface area contributed by atoms with Crippen molar-refractivity contribution in [1.82, 2.24) is 0 Å². The van der Waals surface area contributed by atoms with Gasteiger partial charge >= 0.3 is 0 Å².